The van der Waals surface area contributed by atoms with Gasteiger partial charge in [-0.05, 0) is 38.1 Å². The highest BCUT2D eigenvalue weighted by Gasteiger charge is 2.21. The molecule has 1 amide bonds. The number of hydrogen-bond acceptors (Lipinski definition) is 4. The highest BCUT2D eigenvalue weighted by Crippen LogP contribution is 2.17. The molecule has 0 bridgehead atoms. The molecule has 23 heavy (non-hydrogen) atoms. The number of hydrogen-bond donors (Lipinski definition) is 2. The standard InChI is InChI=1S/C15H20N4O2.2ClH/c1-15(2,16)14(20)18-11-4-6-12(7-5-11)21-10-13-17-8-9-19(13)3;;/h4-9H,10,16H2,1-3H3,(H,18,20);2*1H. The number of nitrogens with two attached hydrogens (primary N) is 1. The molecular weight excluding hydrogens is 339 g/mol. The van der Waals surface area contributed by atoms with Gasteiger partial charge in [0.25, 0.3) is 0 Å². The molecule has 2 aromatic rings. The van der Waals surface area contributed by atoms with Crippen LogP contribution < -0.4 is 15.8 Å². The molecule has 0 atom stereocenters. The van der Waals surface area contributed by atoms with Crippen LogP contribution in [0, 0.1) is 0 Å². The number of aryl methyl sites for hydroxylation is 1. The Hall–Kier alpha value is -1.76. The average molecular weight is 361 g/mol. The Kier molecular flexibility index (Phi) is 8.09. The topological polar surface area (TPSA) is 82.2 Å². The summed E-state index contributed by atoms with van der Waals surface area (Å²) in [6.45, 7) is 3.71. The maximum atomic E-state index is 11.8. The molecule has 0 spiro atoms. The Morgan fingerprint density at radius 3 is 2.39 bits per heavy atom. The number of amides is 1. The number of rotatable bonds is 5. The molecule has 0 aliphatic carbocycles. The van der Waals surface area contributed by atoms with E-state index in [2.05, 4.69) is 10.3 Å². The van der Waals surface area contributed by atoms with E-state index >= 15 is 0 Å². The minimum atomic E-state index is -0.909. The number of benzene rings is 1. The number of imidazole rings is 1. The minimum Gasteiger partial charge on any atom is -0.486 e. The maximum Gasteiger partial charge on any atom is 0.243 e. The number of aromatic nitrogens is 2. The zero-order valence-corrected chi connectivity index (χ0v) is 14.9. The van der Waals surface area contributed by atoms with Crippen LogP contribution in [0.5, 0.6) is 5.75 Å². The van der Waals surface area contributed by atoms with Crippen LogP contribution in [0.1, 0.15) is 19.7 Å². The summed E-state index contributed by atoms with van der Waals surface area (Å²) in [5.74, 6) is 1.32. The van der Waals surface area contributed by atoms with Crippen LogP contribution in [-0.4, -0.2) is 21.0 Å². The number of halogens is 2. The molecule has 128 valence electrons. The lowest BCUT2D eigenvalue weighted by molar-refractivity contribution is -0.120. The molecule has 1 heterocycles. The zero-order chi connectivity index (χ0) is 15.5. The number of anilines is 1. The van der Waals surface area contributed by atoms with Crippen molar-refractivity contribution in [2.75, 3.05) is 5.32 Å². The van der Waals surface area contributed by atoms with Crippen molar-refractivity contribution >= 4 is 36.4 Å². The molecule has 0 aliphatic heterocycles. The third kappa shape index (κ3) is 6.09. The minimum absolute atomic E-state index is 0. The highest BCUT2D eigenvalue weighted by atomic mass is 35.5. The van der Waals surface area contributed by atoms with Crippen molar-refractivity contribution in [2.24, 2.45) is 12.8 Å². The SMILES string of the molecule is Cl.Cl.Cn1ccnc1COc1ccc(NC(=O)C(C)(C)N)cc1. The van der Waals surface area contributed by atoms with Gasteiger partial charge in [0, 0.05) is 25.1 Å². The van der Waals surface area contributed by atoms with E-state index in [-0.39, 0.29) is 30.7 Å². The number of carbonyl (C=O) groups is 1. The Balaban J connectivity index is 0.00000242. The number of ether oxygens (including phenoxy) is 1. The number of nitrogens with zero attached hydrogens (tertiary/aromatic N) is 2. The summed E-state index contributed by atoms with van der Waals surface area (Å²) in [6.07, 6.45) is 3.60. The summed E-state index contributed by atoms with van der Waals surface area (Å²) in [6, 6.07) is 7.14. The van der Waals surface area contributed by atoms with Gasteiger partial charge in [0.1, 0.15) is 18.2 Å². The first-order valence-electron chi connectivity index (χ1n) is 6.65. The van der Waals surface area contributed by atoms with Gasteiger partial charge in [-0.2, -0.15) is 0 Å². The van der Waals surface area contributed by atoms with Crippen LogP contribution in [0.15, 0.2) is 36.7 Å². The summed E-state index contributed by atoms with van der Waals surface area (Å²) in [5, 5.41) is 2.75. The largest absolute Gasteiger partial charge is 0.486 e. The molecule has 2 rings (SSSR count). The fourth-order valence-electron chi connectivity index (χ4n) is 1.61. The van der Waals surface area contributed by atoms with E-state index in [0.29, 0.717) is 18.0 Å². The van der Waals surface area contributed by atoms with Crippen molar-refractivity contribution in [3.63, 3.8) is 0 Å². The summed E-state index contributed by atoms with van der Waals surface area (Å²) in [5.41, 5.74) is 5.50. The van der Waals surface area contributed by atoms with Crippen molar-refractivity contribution < 1.29 is 9.53 Å². The van der Waals surface area contributed by atoms with E-state index in [1.165, 1.54) is 0 Å². The Morgan fingerprint density at radius 2 is 1.91 bits per heavy atom. The molecule has 8 heteroatoms. The summed E-state index contributed by atoms with van der Waals surface area (Å²) < 4.78 is 7.54. The lowest BCUT2D eigenvalue weighted by Gasteiger charge is -2.17. The third-order valence-corrected chi connectivity index (χ3v) is 2.99. The third-order valence-electron chi connectivity index (χ3n) is 2.99. The zero-order valence-electron chi connectivity index (χ0n) is 13.3. The predicted molar refractivity (Wildman–Crippen MR) is 95.4 cm³/mol. The summed E-state index contributed by atoms with van der Waals surface area (Å²) in [4.78, 5) is 15.9. The molecule has 6 nitrogen and oxygen atoms in total. The monoisotopic (exact) mass is 360 g/mol. The molecular formula is C15H22Cl2N4O2. The van der Waals surface area contributed by atoms with Crippen molar-refractivity contribution in [3.8, 4) is 5.75 Å². The first kappa shape index (κ1) is 21.2. The lowest BCUT2D eigenvalue weighted by Crippen LogP contribution is -2.45. The van der Waals surface area contributed by atoms with Crippen molar-refractivity contribution in [1.82, 2.24) is 9.55 Å². The van der Waals surface area contributed by atoms with Crippen LogP contribution in [0.25, 0.3) is 0 Å². The second kappa shape index (κ2) is 8.76. The number of carbonyl (C=O) groups excluding carboxylic acids is 1. The molecule has 3 N–H and O–H groups in total. The van der Waals surface area contributed by atoms with Gasteiger partial charge in [0.05, 0.1) is 5.54 Å². The van der Waals surface area contributed by atoms with Crippen molar-refractivity contribution in [3.05, 3.63) is 42.5 Å². The van der Waals surface area contributed by atoms with Gasteiger partial charge in [-0.25, -0.2) is 4.98 Å². The molecule has 0 fully saturated rings. The lowest BCUT2D eigenvalue weighted by atomic mass is 10.1. The van der Waals surface area contributed by atoms with Gasteiger partial charge in [-0.3, -0.25) is 4.79 Å². The molecule has 0 aliphatic rings. The molecule has 1 aromatic carbocycles. The molecule has 0 radical (unpaired) electrons. The molecule has 0 unspecified atom stereocenters. The van der Waals surface area contributed by atoms with Gasteiger partial charge in [0.15, 0.2) is 0 Å². The van der Waals surface area contributed by atoms with Crippen molar-refractivity contribution in [1.29, 1.82) is 0 Å². The second-order valence-corrected chi connectivity index (χ2v) is 5.44. The van der Waals surface area contributed by atoms with E-state index in [1.807, 2.05) is 17.8 Å². The second-order valence-electron chi connectivity index (χ2n) is 5.44. The molecule has 1 aromatic heterocycles. The quantitative estimate of drug-likeness (QED) is 0.857. The smallest absolute Gasteiger partial charge is 0.243 e. The van der Waals surface area contributed by atoms with Crippen LogP contribution >= 0.6 is 24.8 Å². The van der Waals surface area contributed by atoms with E-state index in [1.54, 1.807) is 44.3 Å². The fourth-order valence-corrected chi connectivity index (χ4v) is 1.61. The first-order valence-corrected chi connectivity index (χ1v) is 6.65. The van der Waals surface area contributed by atoms with E-state index in [4.69, 9.17) is 10.5 Å². The van der Waals surface area contributed by atoms with E-state index in [9.17, 15) is 4.79 Å². The Labute approximate surface area is 148 Å². The number of nitrogens with one attached hydrogen (secondary N) is 1. The van der Waals surface area contributed by atoms with Gasteiger partial charge in [0.2, 0.25) is 5.91 Å². The van der Waals surface area contributed by atoms with Gasteiger partial charge >= 0.3 is 0 Å². The Bertz CT molecular complexity index is 621. The summed E-state index contributed by atoms with van der Waals surface area (Å²) in [7, 11) is 1.92. The normalized spacial score (nSPS) is 10.3. The Morgan fingerprint density at radius 1 is 1.30 bits per heavy atom. The van der Waals surface area contributed by atoms with Crippen LogP contribution in [0.4, 0.5) is 5.69 Å². The molecule has 0 saturated carbocycles. The van der Waals surface area contributed by atoms with Crippen molar-refractivity contribution in [2.45, 2.75) is 26.0 Å². The van der Waals surface area contributed by atoms with E-state index in [0.717, 1.165) is 5.82 Å². The predicted octanol–water partition coefficient (Wildman–Crippen LogP) is 2.52. The fraction of sp³-hybridized carbons (Fsp3) is 0.333. The van der Waals surface area contributed by atoms with Gasteiger partial charge in [-0.1, -0.05) is 0 Å². The highest BCUT2D eigenvalue weighted by molar-refractivity contribution is 5.97. The summed E-state index contributed by atoms with van der Waals surface area (Å²) >= 11 is 0. The van der Waals surface area contributed by atoms with Crippen LogP contribution in [0.2, 0.25) is 0 Å². The van der Waals surface area contributed by atoms with Crippen LogP contribution in [0.3, 0.4) is 0 Å². The average Bonchev–Trinajstić information content (AvgIpc) is 2.82. The molecule has 0 saturated heterocycles. The van der Waals surface area contributed by atoms with E-state index < -0.39 is 5.54 Å². The van der Waals surface area contributed by atoms with Crippen LogP contribution in [-0.2, 0) is 18.4 Å². The first-order chi connectivity index (χ1) is 9.86. The van der Waals surface area contributed by atoms with Gasteiger partial charge in [-0.15, -0.1) is 24.8 Å². The maximum absolute atomic E-state index is 11.8. The van der Waals surface area contributed by atoms with Gasteiger partial charge < -0.3 is 20.4 Å².